The monoisotopic (exact) mass is 332 g/mol. The fraction of sp³-hybridized carbons (Fsp3) is 0.286. The van der Waals surface area contributed by atoms with Gasteiger partial charge in [0.1, 0.15) is 0 Å². The van der Waals surface area contributed by atoms with Gasteiger partial charge in [-0.05, 0) is 12.1 Å². The average molecular weight is 332 g/mol. The maximum absolute atomic E-state index is 14.0. The van der Waals surface area contributed by atoms with Gasteiger partial charge in [-0.2, -0.15) is 18.3 Å². The molecular formula is C14H9F5N2O2. The summed E-state index contributed by atoms with van der Waals surface area (Å²) >= 11 is 0. The van der Waals surface area contributed by atoms with Gasteiger partial charge in [0.05, 0.1) is 16.8 Å². The first kappa shape index (κ1) is 15.4. The number of alkyl halides is 5. The van der Waals surface area contributed by atoms with Gasteiger partial charge >= 0.3 is 12.1 Å². The molecule has 1 aliphatic carbocycles. The third-order valence-electron chi connectivity index (χ3n) is 3.47. The second-order valence-electron chi connectivity index (χ2n) is 4.94. The molecule has 3 rings (SSSR count). The summed E-state index contributed by atoms with van der Waals surface area (Å²) in [6, 6.07) is 7.30. The third-order valence-corrected chi connectivity index (χ3v) is 3.47. The Kier molecular flexibility index (Phi) is 3.57. The van der Waals surface area contributed by atoms with Gasteiger partial charge in [0.15, 0.2) is 24.1 Å². The highest BCUT2D eigenvalue weighted by Crippen LogP contribution is 2.49. The third kappa shape index (κ3) is 2.55. The van der Waals surface area contributed by atoms with Crippen molar-refractivity contribution in [2.24, 2.45) is 0 Å². The molecule has 1 aromatic heterocycles. The molecule has 1 heterocycles. The summed E-state index contributed by atoms with van der Waals surface area (Å²) in [7, 11) is 0. The molecule has 0 fully saturated rings. The number of aromatic nitrogens is 2. The van der Waals surface area contributed by atoms with Gasteiger partial charge in [0.25, 0.3) is 0 Å². The van der Waals surface area contributed by atoms with Crippen LogP contribution in [0.4, 0.5) is 22.0 Å². The highest BCUT2D eigenvalue weighted by atomic mass is 19.4. The van der Waals surface area contributed by atoms with Gasteiger partial charge in [0, 0.05) is 0 Å². The van der Waals surface area contributed by atoms with Crippen LogP contribution >= 0.6 is 0 Å². The van der Waals surface area contributed by atoms with E-state index in [-0.39, 0.29) is 5.56 Å². The maximum atomic E-state index is 14.0. The molecule has 0 aliphatic heterocycles. The molecule has 0 amide bonds. The van der Waals surface area contributed by atoms with Crippen LogP contribution in [0.1, 0.15) is 39.6 Å². The van der Waals surface area contributed by atoms with E-state index in [9.17, 15) is 26.7 Å². The van der Waals surface area contributed by atoms with Crippen LogP contribution in [-0.4, -0.2) is 22.3 Å². The molecule has 9 heteroatoms. The fourth-order valence-corrected chi connectivity index (χ4v) is 2.43. The lowest BCUT2D eigenvalue weighted by Gasteiger charge is -2.17. The minimum atomic E-state index is -4.93. The minimum absolute atomic E-state index is 0.0145. The van der Waals surface area contributed by atoms with E-state index >= 15 is 0 Å². The van der Waals surface area contributed by atoms with Crippen LogP contribution in [0.3, 0.4) is 0 Å². The van der Waals surface area contributed by atoms with Gasteiger partial charge in [0.2, 0.25) is 0 Å². The van der Waals surface area contributed by atoms with E-state index in [2.05, 4.69) is 5.10 Å². The van der Waals surface area contributed by atoms with Crippen LogP contribution in [0.2, 0.25) is 0 Å². The van der Waals surface area contributed by atoms with Crippen molar-refractivity contribution in [1.29, 1.82) is 0 Å². The summed E-state index contributed by atoms with van der Waals surface area (Å²) in [6.45, 7) is 0. The molecule has 1 N–H and O–H groups in total. The van der Waals surface area contributed by atoms with Crippen molar-refractivity contribution in [2.45, 2.75) is 24.6 Å². The molecule has 3 atom stereocenters. The molecule has 1 aromatic carbocycles. The Hall–Kier alpha value is -2.45. The van der Waals surface area contributed by atoms with Crippen molar-refractivity contribution < 1.29 is 31.5 Å². The summed E-state index contributed by atoms with van der Waals surface area (Å²) in [5, 5.41) is 4.82. The molecule has 23 heavy (non-hydrogen) atoms. The number of rotatable bonds is 2. The van der Waals surface area contributed by atoms with Crippen LogP contribution in [0.15, 0.2) is 30.3 Å². The van der Waals surface area contributed by atoms with Crippen molar-refractivity contribution in [2.75, 3.05) is 0 Å². The fourth-order valence-electron chi connectivity index (χ4n) is 2.43. The predicted octanol–water partition coefficient (Wildman–Crippen LogP) is 3.69. The number of ether oxygens (including phenoxy) is 1. The van der Waals surface area contributed by atoms with Crippen molar-refractivity contribution >= 4 is 5.97 Å². The lowest BCUT2D eigenvalue weighted by molar-refractivity contribution is -0.143. The number of benzene rings is 1. The van der Waals surface area contributed by atoms with Crippen LogP contribution in [-0.2, 0) is 10.9 Å². The first-order valence-corrected chi connectivity index (χ1v) is 6.50. The number of esters is 1. The molecule has 4 nitrogen and oxygen atoms in total. The highest BCUT2D eigenvalue weighted by Gasteiger charge is 2.52. The molecule has 0 bridgehead atoms. The van der Waals surface area contributed by atoms with Crippen LogP contribution in [0.25, 0.3) is 0 Å². The van der Waals surface area contributed by atoms with E-state index in [0.717, 1.165) is 0 Å². The zero-order chi connectivity index (χ0) is 16.8. The van der Waals surface area contributed by atoms with Crippen LogP contribution < -0.4 is 0 Å². The zero-order valence-corrected chi connectivity index (χ0v) is 11.3. The number of hydrogen-bond donors (Lipinski definition) is 1. The number of halogens is 5. The Morgan fingerprint density at radius 2 is 1.83 bits per heavy atom. The minimum Gasteiger partial charge on any atom is -0.450 e. The SMILES string of the molecule is O=C(O[C@H]1c2c(C(F)(F)F)n[nH]c2[C@@H](F)[C@H]1F)c1ccccc1. The first-order valence-electron chi connectivity index (χ1n) is 6.50. The standard InChI is InChI=1S/C14H9F5N2O2/c15-8-9(16)11(23-13(22)6-4-2-1-3-5-6)7-10(8)20-21-12(7)14(17,18)19/h1-5,8-9,11H,(H,20,21)/t8-,9+,11-/m0/s1. The molecule has 0 radical (unpaired) electrons. The number of carbonyl (C=O) groups is 1. The summed E-state index contributed by atoms with van der Waals surface area (Å²) in [6.07, 6.45) is -11.7. The van der Waals surface area contributed by atoms with Crippen molar-refractivity contribution in [3.05, 3.63) is 52.8 Å². The Bertz CT molecular complexity index is 729. The van der Waals surface area contributed by atoms with E-state index in [1.807, 2.05) is 5.10 Å². The molecule has 0 unspecified atom stereocenters. The number of hydrogen-bond acceptors (Lipinski definition) is 3. The smallest absolute Gasteiger partial charge is 0.435 e. The van der Waals surface area contributed by atoms with E-state index < -0.39 is 47.5 Å². The number of H-pyrrole nitrogens is 1. The van der Waals surface area contributed by atoms with Crippen LogP contribution in [0, 0.1) is 0 Å². The summed E-state index contributed by atoms with van der Waals surface area (Å²) in [5.74, 6) is -1.05. The number of nitrogens with zero attached hydrogens (tertiary/aromatic N) is 1. The predicted molar refractivity (Wildman–Crippen MR) is 66.9 cm³/mol. The van der Waals surface area contributed by atoms with Gasteiger partial charge in [-0.1, -0.05) is 18.2 Å². The molecule has 1 aliphatic rings. The number of carbonyl (C=O) groups excluding carboxylic acids is 1. The van der Waals surface area contributed by atoms with E-state index in [1.54, 1.807) is 6.07 Å². The maximum Gasteiger partial charge on any atom is 0.435 e. The number of fused-ring (bicyclic) bond motifs is 1. The Labute approximate surface area is 126 Å². The molecule has 0 spiro atoms. The van der Waals surface area contributed by atoms with Gasteiger partial charge in [-0.15, -0.1) is 0 Å². The average Bonchev–Trinajstić information content (AvgIpc) is 3.04. The summed E-state index contributed by atoms with van der Waals surface area (Å²) in [5.41, 5.74) is -2.93. The number of aromatic amines is 1. The van der Waals surface area contributed by atoms with Crippen LogP contribution in [0.5, 0.6) is 0 Å². The molecular weight excluding hydrogens is 323 g/mol. The Morgan fingerprint density at radius 3 is 2.43 bits per heavy atom. The second kappa shape index (κ2) is 5.32. The summed E-state index contributed by atoms with van der Waals surface area (Å²) in [4.78, 5) is 11.9. The first-order chi connectivity index (χ1) is 10.8. The quantitative estimate of drug-likeness (QED) is 0.674. The Balaban J connectivity index is 1.95. The lowest BCUT2D eigenvalue weighted by atomic mass is 10.1. The van der Waals surface area contributed by atoms with Crippen molar-refractivity contribution in [3.8, 4) is 0 Å². The molecule has 0 saturated heterocycles. The van der Waals surface area contributed by atoms with Crippen molar-refractivity contribution in [3.63, 3.8) is 0 Å². The lowest BCUT2D eigenvalue weighted by Crippen LogP contribution is -2.21. The molecule has 122 valence electrons. The van der Waals surface area contributed by atoms with Gasteiger partial charge in [-0.25, -0.2) is 13.6 Å². The zero-order valence-electron chi connectivity index (χ0n) is 11.3. The largest absolute Gasteiger partial charge is 0.450 e. The van der Waals surface area contributed by atoms with Gasteiger partial charge in [-0.3, -0.25) is 5.10 Å². The van der Waals surface area contributed by atoms with E-state index in [4.69, 9.17) is 4.74 Å². The van der Waals surface area contributed by atoms with Gasteiger partial charge < -0.3 is 4.74 Å². The second-order valence-corrected chi connectivity index (χ2v) is 4.94. The molecule has 2 aromatic rings. The molecule has 0 saturated carbocycles. The van der Waals surface area contributed by atoms with Crippen molar-refractivity contribution in [1.82, 2.24) is 10.2 Å². The van der Waals surface area contributed by atoms with E-state index in [1.165, 1.54) is 24.3 Å². The normalized spacial score (nSPS) is 23.6. The Morgan fingerprint density at radius 1 is 1.17 bits per heavy atom. The topological polar surface area (TPSA) is 55.0 Å². The highest BCUT2D eigenvalue weighted by molar-refractivity contribution is 5.89. The van der Waals surface area contributed by atoms with E-state index in [0.29, 0.717) is 0 Å². The number of nitrogens with one attached hydrogen (secondary N) is 1. The summed E-state index contributed by atoms with van der Waals surface area (Å²) < 4.78 is 71.3.